The van der Waals surface area contributed by atoms with E-state index in [1.807, 2.05) is 49.6 Å². The van der Waals surface area contributed by atoms with Gasteiger partial charge in [0.1, 0.15) is 30.3 Å². The molecule has 1 aliphatic heterocycles. The number of hydrogen-bond acceptors (Lipinski definition) is 7. The molecule has 0 atom stereocenters. The zero-order valence-electron chi connectivity index (χ0n) is 19.6. The summed E-state index contributed by atoms with van der Waals surface area (Å²) >= 11 is 8.00. The van der Waals surface area contributed by atoms with Gasteiger partial charge in [0.15, 0.2) is 5.16 Å². The van der Waals surface area contributed by atoms with E-state index in [2.05, 4.69) is 15.3 Å². The second kappa shape index (κ2) is 11.0. The van der Waals surface area contributed by atoms with Crippen molar-refractivity contribution < 1.29 is 19.1 Å². The average Bonchev–Trinajstić information content (AvgIpc) is 3.17. The van der Waals surface area contributed by atoms with Crippen molar-refractivity contribution in [1.82, 2.24) is 20.2 Å². The lowest BCUT2D eigenvalue weighted by molar-refractivity contribution is -0.121. The van der Waals surface area contributed by atoms with Gasteiger partial charge in [0.05, 0.1) is 24.4 Å². The number of nitrogens with zero attached hydrogens (tertiary/aromatic N) is 3. The third-order valence-electron chi connectivity index (χ3n) is 5.45. The molecule has 1 aliphatic rings. The topological polar surface area (TPSA) is 93.7 Å². The fourth-order valence-corrected chi connectivity index (χ4v) is 4.40. The van der Waals surface area contributed by atoms with E-state index >= 15 is 0 Å². The van der Waals surface area contributed by atoms with Crippen LogP contribution in [0.2, 0.25) is 5.02 Å². The van der Waals surface area contributed by atoms with Crippen LogP contribution < -0.4 is 14.8 Å². The number of amides is 2. The van der Waals surface area contributed by atoms with Crippen molar-refractivity contribution in [3.05, 3.63) is 64.3 Å². The Labute approximate surface area is 213 Å². The fourth-order valence-electron chi connectivity index (χ4n) is 3.78. The Hall–Kier alpha value is -3.30. The summed E-state index contributed by atoms with van der Waals surface area (Å²) in [7, 11) is 1.62. The van der Waals surface area contributed by atoms with Crippen molar-refractivity contribution >= 4 is 35.2 Å². The van der Waals surface area contributed by atoms with E-state index in [1.54, 1.807) is 13.2 Å². The molecule has 1 aromatic heterocycles. The van der Waals surface area contributed by atoms with Gasteiger partial charge in [0, 0.05) is 17.7 Å². The number of thioether (sulfide) groups is 1. The van der Waals surface area contributed by atoms with Crippen LogP contribution in [0.5, 0.6) is 11.5 Å². The second-order valence-electron chi connectivity index (χ2n) is 7.78. The molecular weight excluding hydrogens is 488 g/mol. The Bertz CT molecular complexity index is 1270. The maximum absolute atomic E-state index is 13.0. The number of methoxy groups -OCH3 is 1. The molecule has 0 spiro atoms. The Balaban J connectivity index is 1.59. The van der Waals surface area contributed by atoms with Crippen LogP contribution in [-0.2, 0) is 17.9 Å². The summed E-state index contributed by atoms with van der Waals surface area (Å²) in [5, 5.41) is 3.62. The predicted molar refractivity (Wildman–Crippen MR) is 135 cm³/mol. The first-order chi connectivity index (χ1) is 16.9. The van der Waals surface area contributed by atoms with Gasteiger partial charge < -0.3 is 19.7 Å². The zero-order chi connectivity index (χ0) is 24.9. The molecule has 182 valence electrons. The lowest BCUT2D eigenvalue weighted by Crippen LogP contribution is -2.37. The molecular formula is C25H25ClN4O4S. The van der Waals surface area contributed by atoms with Crippen molar-refractivity contribution in [3.8, 4) is 22.8 Å². The summed E-state index contributed by atoms with van der Waals surface area (Å²) in [6.45, 7) is 2.88. The Morgan fingerprint density at radius 2 is 1.97 bits per heavy atom. The van der Waals surface area contributed by atoms with E-state index in [0.717, 1.165) is 11.3 Å². The summed E-state index contributed by atoms with van der Waals surface area (Å²) in [6, 6.07) is 13.0. The summed E-state index contributed by atoms with van der Waals surface area (Å²) in [5.41, 5.74) is 3.17. The summed E-state index contributed by atoms with van der Waals surface area (Å²) < 4.78 is 11.2. The van der Waals surface area contributed by atoms with Crippen molar-refractivity contribution in [3.63, 3.8) is 0 Å². The summed E-state index contributed by atoms with van der Waals surface area (Å²) in [4.78, 5) is 35.6. The number of aromatic nitrogens is 2. The minimum atomic E-state index is -0.292. The SMILES string of the molecule is CCNC(=O)CN1Cc2c(nc(SC)nc2-c2ccc(OCc3cccc(OC)c3)cc2Cl)C1=O. The molecule has 10 heteroatoms. The first kappa shape index (κ1) is 24.8. The molecule has 0 unspecified atom stereocenters. The highest BCUT2D eigenvalue weighted by atomic mass is 35.5. The summed E-state index contributed by atoms with van der Waals surface area (Å²) in [6.07, 6.45) is 1.84. The number of benzene rings is 2. The lowest BCUT2D eigenvalue weighted by Gasteiger charge is -2.14. The van der Waals surface area contributed by atoms with Crippen molar-refractivity contribution in [2.45, 2.75) is 25.2 Å². The molecule has 2 amide bonds. The van der Waals surface area contributed by atoms with Gasteiger partial charge in [-0.2, -0.15) is 0 Å². The van der Waals surface area contributed by atoms with Crippen LogP contribution in [0.4, 0.5) is 0 Å². The highest BCUT2D eigenvalue weighted by molar-refractivity contribution is 7.98. The molecule has 8 nitrogen and oxygen atoms in total. The van der Waals surface area contributed by atoms with Crippen LogP contribution in [0, 0.1) is 0 Å². The largest absolute Gasteiger partial charge is 0.497 e. The van der Waals surface area contributed by atoms with Crippen LogP contribution in [0.25, 0.3) is 11.3 Å². The third-order valence-corrected chi connectivity index (χ3v) is 6.31. The fraction of sp³-hybridized carbons (Fsp3) is 0.280. The second-order valence-corrected chi connectivity index (χ2v) is 8.96. The number of fused-ring (bicyclic) bond motifs is 1. The molecule has 1 N–H and O–H groups in total. The van der Waals surface area contributed by atoms with Gasteiger partial charge in [0.25, 0.3) is 5.91 Å². The number of rotatable bonds is 9. The Morgan fingerprint density at radius 3 is 2.69 bits per heavy atom. The molecule has 0 fully saturated rings. The lowest BCUT2D eigenvalue weighted by atomic mass is 10.1. The molecule has 4 rings (SSSR count). The molecule has 0 saturated carbocycles. The highest BCUT2D eigenvalue weighted by Gasteiger charge is 2.34. The molecule has 0 saturated heterocycles. The Morgan fingerprint density at radius 1 is 1.17 bits per heavy atom. The molecule has 2 aromatic carbocycles. The number of hydrogen-bond donors (Lipinski definition) is 1. The van der Waals surface area contributed by atoms with Gasteiger partial charge in [-0.15, -0.1) is 0 Å². The van der Waals surface area contributed by atoms with E-state index < -0.39 is 0 Å². The Kier molecular flexibility index (Phi) is 7.77. The monoisotopic (exact) mass is 512 g/mol. The first-order valence-corrected chi connectivity index (χ1v) is 12.6. The average molecular weight is 513 g/mol. The van der Waals surface area contributed by atoms with Gasteiger partial charge in [-0.3, -0.25) is 9.59 Å². The third kappa shape index (κ3) is 5.52. The van der Waals surface area contributed by atoms with E-state index in [4.69, 9.17) is 21.1 Å². The zero-order valence-corrected chi connectivity index (χ0v) is 21.2. The van der Waals surface area contributed by atoms with Gasteiger partial charge in [0.2, 0.25) is 5.91 Å². The normalized spacial score (nSPS) is 12.5. The molecule has 2 heterocycles. The van der Waals surface area contributed by atoms with Crippen LogP contribution in [0.3, 0.4) is 0 Å². The van der Waals surface area contributed by atoms with Crippen molar-refractivity contribution in [2.24, 2.45) is 0 Å². The van der Waals surface area contributed by atoms with E-state index in [9.17, 15) is 9.59 Å². The highest BCUT2D eigenvalue weighted by Crippen LogP contribution is 2.37. The molecule has 35 heavy (non-hydrogen) atoms. The number of likely N-dealkylation sites (N-methyl/N-ethyl adjacent to an activating group) is 1. The minimum absolute atomic E-state index is 0.0398. The maximum atomic E-state index is 13.0. The van der Waals surface area contributed by atoms with Gasteiger partial charge in [-0.25, -0.2) is 9.97 Å². The van der Waals surface area contributed by atoms with Crippen molar-refractivity contribution in [1.29, 1.82) is 0 Å². The van der Waals surface area contributed by atoms with Gasteiger partial charge in [-0.05, 0) is 49.1 Å². The molecule has 0 aliphatic carbocycles. The number of carbonyl (C=O) groups is 2. The minimum Gasteiger partial charge on any atom is -0.497 e. The summed E-state index contributed by atoms with van der Waals surface area (Å²) in [5.74, 6) is 0.854. The molecule has 0 bridgehead atoms. The van der Waals surface area contributed by atoms with Crippen LogP contribution in [0.1, 0.15) is 28.5 Å². The number of carbonyl (C=O) groups excluding carboxylic acids is 2. The molecule has 3 aromatic rings. The van der Waals surface area contributed by atoms with Crippen molar-refractivity contribution in [2.75, 3.05) is 26.5 Å². The number of halogens is 1. The number of nitrogens with one attached hydrogen (secondary N) is 1. The van der Waals surface area contributed by atoms with E-state index in [-0.39, 0.29) is 24.9 Å². The standard InChI is InChI=1S/C25H25ClN4O4S/c1-4-27-21(31)13-30-12-19-22(28-25(35-3)29-23(19)24(30)32)18-9-8-17(11-20(18)26)34-14-15-6-5-7-16(10-15)33-2/h5-11H,4,12-14H2,1-3H3,(H,27,31). The van der Waals surface area contributed by atoms with Crippen LogP contribution in [-0.4, -0.2) is 53.1 Å². The van der Waals surface area contributed by atoms with Gasteiger partial charge in [-0.1, -0.05) is 35.5 Å². The quantitative estimate of drug-likeness (QED) is 0.339. The van der Waals surface area contributed by atoms with Crippen LogP contribution in [0.15, 0.2) is 47.6 Å². The number of ether oxygens (including phenoxy) is 2. The smallest absolute Gasteiger partial charge is 0.273 e. The molecule has 0 radical (unpaired) electrons. The van der Waals surface area contributed by atoms with E-state index in [1.165, 1.54) is 16.7 Å². The predicted octanol–water partition coefficient (Wildman–Crippen LogP) is 4.20. The van der Waals surface area contributed by atoms with E-state index in [0.29, 0.717) is 51.6 Å². The van der Waals surface area contributed by atoms with Crippen LogP contribution >= 0.6 is 23.4 Å². The van der Waals surface area contributed by atoms with Gasteiger partial charge >= 0.3 is 0 Å². The maximum Gasteiger partial charge on any atom is 0.273 e. The first-order valence-electron chi connectivity index (χ1n) is 11.0.